The molecule has 1 aromatic carbocycles. The van der Waals surface area contributed by atoms with E-state index in [1.54, 1.807) is 0 Å². The molecule has 3 rings (SSSR count). The lowest BCUT2D eigenvalue weighted by Crippen LogP contribution is -1.99. The summed E-state index contributed by atoms with van der Waals surface area (Å²) in [7, 11) is 0. The van der Waals surface area contributed by atoms with Gasteiger partial charge in [-0.3, -0.25) is 0 Å². The lowest BCUT2D eigenvalue weighted by molar-refractivity contribution is 0.306. The van der Waals surface area contributed by atoms with Crippen LogP contribution in [0, 0.1) is 6.92 Å². The van der Waals surface area contributed by atoms with Crippen LogP contribution in [0.5, 0.6) is 5.75 Å². The van der Waals surface area contributed by atoms with Gasteiger partial charge in [0.15, 0.2) is 0 Å². The van der Waals surface area contributed by atoms with Crippen LogP contribution in [-0.2, 0) is 6.61 Å². The summed E-state index contributed by atoms with van der Waals surface area (Å²) in [5.74, 6) is 1.26. The van der Waals surface area contributed by atoms with Crippen LogP contribution in [0.2, 0.25) is 0 Å². The lowest BCUT2D eigenvalue weighted by Gasteiger charge is -2.09. The largest absolute Gasteiger partial charge is 0.488 e. The zero-order valence-electron chi connectivity index (χ0n) is 11.0. The maximum absolute atomic E-state index is 5.90. The number of aromatic nitrogens is 2. The summed E-state index contributed by atoms with van der Waals surface area (Å²) in [4.78, 5) is 9.10. The highest BCUT2D eigenvalue weighted by atomic mass is 32.1. The minimum atomic E-state index is 0.419. The first-order valence-electron chi connectivity index (χ1n) is 6.10. The minimum absolute atomic E-state index is 0.419. The first-order chi connectivity index (χ1) is 9.65. The Morgan fingerprint density at radius 1 is 1.25 bits per heavy atom. The molecule has 0 atom stereocenters. The lowest BCUT2D eigenvalue weighted by atomic mass is 10.2. The molecule has 0 fully saturated rings. The van der Waals surface area contributed by atoms with Crippen LogP contribution < -0.4 is 16.2 Å². The summed E-state index contributed by atoms with van der Waals surface area (Å²) >= 11 is 1.53. The van der Waals surface area contributed by atoms with Gasteiger partial charge in [-0.2, -0.15) is 0 Å². The third-order valence-electron chi connectivity index (χ3n) is 3.07. The average Bonchev–Trinajstić information content (AvgIpc) is 2.84. The molecule has 0 bridgehead atoms. The van der Waals surface area contributed by atoms with E-state index in [1.165, 1.54) is 17.7 Å². The predicted molar refractivity (Wildman–Crippen MR) is 81.8 cm³/mol. The highest BCUT2D eigenvalue weighted by molar-refractivity contribution is 7.17. The smallest absolute Gasteiger partial charge is 0.135 e. The van der Waals surface area contributed by atoms with Gasteiger partial charge in [-0.1, -0.05) is 6.07 Å². The van der Waals surface area contributed by atoms with Crippen molar-refractivity contribution in [2.75, 3.05) is 11.5 Å². The van der Waals surface area contributed by atoms with E-state index in [0.29, 0.717) is 18.1 Å². The van der Waals surface area contributed by atoms with Crippen LogP contribution >= 0.6 is 11.3 Å². The van der Waals surface area contributed by atoms with E-state index in [4.69, 9.17) is 16.2 Å². The zero-order valence-corrected chi connectivity index (χ0v) is 11.8. The molecule has 0 saturated heterocycles. The van der Waals surface area contributed by atoms with E-state index < -0.39 is 0 Å². The van der Waals surface area contributed by atoms with E-state index in [0.717, 1.165) is 27.1 Å². The van der Waals surface area contributed by atoms with Gasteiger partial charge < -0.3 is 16.2 Å². The van der Waals surface area contributed by atoms with Gasteiger partial charge >= 0.3 is 0 Å². The van der Waals surface area contributed by atoms with E-state index in [1.807, 2.05) is 30.5 Å². The SMILES string of the molecule is Cc1ccc(N)cc1OCc1csc2ncnc(N)c12. The topological polar surface area (TPSA) is 87.0 Å². The van der Waals surface area contributed by atoms with Gasteiger partial charge in [0, 0.05) is 22.7 Å². The number of ether oxygens (including phenoxy) is 1. The fourth-order valence-corrected chi connectivity index (χ4v) is 2.89. The number of thiophene rings is 1. The van der Waals surface area contributed by atoms with Crippen molar-refractivity contribution >= 4 is 33.1 Å². The van der Waals surface area contributed by atoms with E-state index in [-0.39, 0.29) is 0 Å². The Labute approximate surface area is 120 Å². The molecule has 0 aliphatic carbocycles. The molecule has 3 aromatic rings. The summed E-state index contributed by atoms with van der Waals surface area (Å²) in [6.45, 7) is 2.40. The Kier molecular flexibility index (Phi) is 3.15. The quantitative estimate of drug-likeness (QED) is 0.723. The molecule has 0 radical (unpaired) electrons. The Bertz CT molecular complexity index is 769. The number of nitrogens with zero attached hydrogens (tertiary/aromatic N) is 2. The molecule has 0 amide bonds. The number of fused-ring (bicyclic) bond motifs is 1. The number of benzene rings is 1. The predicted octanol–water partition coefficient (Wildman–Crippen LogP) is 2.74. The van der Waals surface area contributed by atoms with Crippen molar-refractivity contribution in [3.8, 4) is 5.75 Å². The van der Waals surface area contributed by atoms with Crippen molar-refractivity contribution in [1.29, 1.82) is 0 Å². The molecule has 4 N–H and O–H groups in total. The highest BCUT2D eigenvalue weighted by Crippen LogP contribution is 2.29. The van der Waals surface area contributed by atoms with Crippen LogP contribution in [-0.4, -0.2) is 9.97 Å². The summed E-state index contributed by atoms with van der Waals surface area (Å²) < 4.78 is 5.84. The number of nitrogen functional groups attached to an aromatic ring is 2. The van der Waals surface area contributed by atoms with Crippen molar-refractivity contribution in [3.63, 3.8) is 0 Å². The van der Waals surface area contributed by atoms with Crippen LogP contribution in [0.4, 0.5) is 11.5 Å². The molecule has 20 heavy (non-hydrogen) atoms. The molecule has 0 aliphatic rings. The second-order valence-electron chi connectivity index (χ2n) is 4.51. The zero-order chi connectivity index (χ0) is 14.1. The van der Waals surface area contributed by atoms with Crippen molar-refractivity contribution < 1.29 is 4.74 Å². The van der Waals surface area contributed by atoms with Gasteiger partial charge in [0.05, 0.1) is 5.39 Å². The third-order valence-corrected chi connectivity index (χ3v) is 4.01. The first-order valence-corrected chi connectivity index (χ1v) is 6.98. The van der Waals surface area contributed by atoms with Crippen molar-refractivity contribution in [2.24, 2.45) is 0 Å². The van der Waals surface area contributed by atoms with Crippen LogP contribution in [0.25, 0.3) is 10.2 Å². The van der Waals surface area contributed by atoms with Crippen LogP contribution in [0.3, 0.4) is 0 Å². The summed E-state index contributed by atoms with van der Waals surface area (Å²) in [5.41, 5.74) is 14.4. The van der Waals surface area contributed by atoms with Gasteiger partial charge in [-0.25, -0.2) is 9.97 Å². The average molecular weight is 286 g/mol. The molecule has 5 nitrogen and oxygen atoms in total. The molecule has 102 valence electrons. The fourth-order valence-electron chi connectivity index (χ4n) is 1.99. The molecule has 2 heterocycles. The standard InChI is InChI=1S/C14H14N4OS/c1-8-2-3-10(15)4-11(8)19-5-9-6-20-14-12(9)13(16)17-7-18-14/h2-4,6-7H,5,15H2,1H3,(H2,16,17,18). The van der Waals surface area contributed by atoms with E-state index in [9.17, 15) is 0 Å². The number of nitrogens with two attached hydrogens (primary N) is 2. The summed E-state index contributed by atoms with van der Waals surface area (Å²) in [5, 5.41) is 2.87. The first kappa shape index (κ1) is 12.7. The molecule has 2 aromatic heterocycles. The number of rotatable bonds is 3. The van der Waals surface area contributed by atoms with E-state index in [2.05, 4.69) is 9.97 Å². The Morgan fingerprint density at radius 2 is 2.10 bits per heavy atom. The summed E-state index contributed by atoms with van der Waals surface area (Å²) in [6, 6.07) is 5.62. The number of aryl methyl sites for hydroxylation is 1. The molecular formula is C14H14N4OS. The molecule has 0 saturated carbocycles. The maximum atomic E-state index is 5.90. The molecule has 0 spiro atoms. The second-order valence-corrected chi connectivity index (χ2v) is 5.37. The van der Waals surface area contributed by atoms with E-state index >= 15 is 0 Å². The number of hydrogen-bond acceptors (Lipinski definition) is 6. The van der Waals surface area contributed by atoms with Gasteiger partial charge in [-0.05, 0) is 18.6 Å². The highest BCUT2D eigenvalue weighted by Gasteiger charge is 2.10. The van der Waals surface area contributed by atoms with Crippen molar-refractivity contribution in [2.45, 2.75) is 13.5 Å². The van der Waals surface area contributed by atoms with Gasteiger partial charge in [0.1, 0.15) is 29.3 Å². The van der Waals surface area contributed by atoms with Gasteiger partial charge in [0.25, 0.3) is 0 Å². The molecule has 0 unspecified atom stereocenters. The van der Waals surface area contributed by atoms with Crippen molar-refractivity contribution in [3.05, 3.63) is 41.0 Å². The normalized spacial score (nSPS) is 10.8. The monoisotopic (exact) mass is 286 g/mol. The fraction of sp³-hybridized carbons (Fsp3) is 0.143. The molecule has 0 aliphatic heterocycles. The minimum Gasteiger partial charge on any atom is -0.488 e. The third kappa shape index (κ3) is 2.25. The van der Waals surface area contributed by atoms with Crippen LogP contribution in [0.1, 0.15) is 11.1 Å². The number of anilines is 2. The van der Waals surface area contributed by atoms with Crippen molar-refractivity contribution in [1.82, 2.24) is 9.97 Å². The Balaban J connectivity index is 1.89. The maximum Gasteiger partial charge on any atom is 0.135 e. The van der Waals surface area contributed by atoms with Gasteiger partial charge in [-0.15, -0.1) is 11.3 Å². The molecular weight excluding hydrogens is 272 g/mol. The second kappa shape index (κ2) is 4.97. The Morgan fingerprint density at radius 3 is 2.95 bits per heavy atom. The van der Waals surface area contributed by atoms with Crippen LogP contribution in [0.15, 0.2) is 29.9 Å². The number of hydrogen-bond donors (Lipinski definition) is 2. The Hall–Kier alpha value is -2.34. The summed E-state index contributed by atoms with van der Waals surface area (Å²) in [6.07, 6.45) is 1.47. The molecule has 6 heteroatoms. The van der Waals surface area contributed by atoms with Gasteiger partial charge in [0.2, 0.25) is 0 Å².